The fourth-order valence-corrected chi connectivity index (χ4v) is 2.94. The molecule has 0 aromatic carbocycles. The van der Waals surface area contributed by atoms with E-state index < -0.39 is 17.9 Å². The number of rotatable bonds is 2. The van der Waals surface area contributed by atoms with Crippen molar-refractivity contribution in [3.05, 3.63) is 11.6 Å². The maximum Gasteiger partial charge on any atom is 0.191 e. The first-order valence-electron chi connectivity index (χ1n) is 6.95. The zero-order chi connectivity index (χ0) is 14.5. The van der Waals surface area contributed by atoms with E-state index >= 15 is 0 Å². The van der Waals surface area contributed by atoms with Gasteiger partial charge in [-0.3, -0.25) is 0 Å². The SMILES string of the molecule is CC1(C)O[C@H]2O[C@H]([C@H]3COC(C)(C)O3)/C(=C\CO)[C@H]2O1. The molecule has 3 aliphatic heterocycles. The highest BCUT2D eigenvalue weighted by Crippen LogP contribution is 2.43. The first kappa shape index (κ1) is 14.4. The van der Waals surface area contributed by atoms with Gasteiger partial charge in [-0.25, -0.2) is 0 Å². The minimum Gasteiger partial charge on any atom is -0.392 e. The fraction of sp³-hybridized carbons (Fsp3) is 0.857. The van der Waals surface area contributed by atoms with Crippen molar-refractivity contribution in [2.24, 2.45) is 0 Å². The van der Waals surface area contributed by atoms with Crippen LogP contribution in [0.3, 0.4) is 0 Å². The Balaban J connectivity index is 1.79. The smallest absolute Gasteiger partial charge is 0.191 e. The van der Waals surface area contributed by atoms with Crippen LogP contribution in [0, 0.1) is 0 Å². The normalized spacial score (nSPS) is 44.1. The lowest BCUT2D eigenvalue weighted by Gasteiger charge is -2.25. The van der Waals surface area contributed by atoms with Crippen LogP contribution in [-0.2, 0) is 23.7 Å². The van der Waals surface area contributed by atoms with Gasteiger partial charge in [-0.15, -0.1) is 0 Å². The van der Waals surface area contributed by atoms with Crippen molar-refractivity contribution < 1.29 is 28.8 Å². The van der Waals surface area contributed by atoms with Gasteiger partial charge in [0.25, 0.3) is 0 Å². The molecule has 0 aliphatic carbocycles. The Kier molecular flexibility index (Phi) is 3.44. The Morgan fingerprint density at radius 3 is 2.45 bits per heavy atom. The van der Waals surface area contributed by atoms with Crippen LogP contribution >= 0.6 is 0 Å². The summed E-state index contributed by atoms with van der Waals surface area (Å²) in [5, 5.41) is 9.24. The second-order valence-corrected chi connectivity index (χ2v) is 6.24. The van der Waals surface area contributed by atoms with Gasteiger partial charge in [-0.2, -0.15) is 0 Å². The van der Waals surface area contributed by atoms with Crippen LogP contribution in [0.2, 0.25) is 0 Å². The summed E-state index contributed by atoms with van der Waals surface area (Å²) in [7, 11) is 0. The van der Waals surface area contributed by atoms with E-state index in [9.17, 15) is 5.11 Å². The Morgan fingerprint density at radius 1 is 1.10 bits per heavy atom. The van der Waals surface area contributed by atoms with Gasteiger partial charge in [-0.1, -0.05) is 6.08 Å². The maximum atomic E-state index is 9.24. The van der Waals surface area contributed by atoms with Crippen LogP contribution in [0.15, 0.2) is 11.6 Å². The molecule has 0 amide bonds. The standard InChI is InChI=1S/C14H22O6/c1-13(2)16-7-9(18-13)10-8(5-6-15)11-12(17-10)20-14(3,4)19-11/h5,9-12,15H,6-7H2,1-4H3/b8-5+/t9-,10+,11-,12-/m1/s1. The molecule has 0 aromatic rings. The minimum absolute atomic E-state index is 0.0703. The molecule has 6 nitrogen and oxygen atoms in total. The van der Waals surface area contributed by atoms with E-state index in [0.717, 1.165) is 5.57 Å². The van der Waals surface area contributed by atoms with Gasteiger partial charge < -0.3 is 28.8 Å². The average molecular weight is 286 g/mol. The third-order valence-electron chi connectivity index (χ3n) is 3.69. The van der Waals surface area contributed by atoms with Crippen molar-refractivity contribution in [3.63, 3.8) is 0 Å². The number of hydrogen-bond donors (Lipinski definition) is 1. The summed E-state index contributed by atoms with van der Waals surface area (Å²) in [6.45, 7) is 7.81. The average Bonchev–Trinajstić information content (AvgIpc) is 2.91. The third kappa shape index (κ3) is 2.52. The minimum atomic E-state index is -0.679. The largest absolute Gasteiger partial charge is 0.392 e. The van der Waals surface area contributed by atoms with Crippen molar-refractivity contribution in [2.75, 3.05) is 13.2 Å². The third-order valence-corrected chi connectivity index (χ3v) is 3.69. The second-order valence-electron chi connectivity index (χ2n) is 6.24. The van der Waals surface area contributed by atoms with Crippen molar-refractivity contribution in [3.8, 4) is 0 Å². The molecule has 3 heterocycles. The van der Waals surface area contributed by atoms with Crippen LogP contribution in [0.25, 0.3) is 0 Å². The molecule has 0 aromatic heterocycles. The van der Waals surface area contributed by atoms with Crippen LogP contribution in [0.4, 0.5) is 0 Å². The van der Waals surface area contributed by atoms with E-state index in [4.69, 9.17) is 23.7 Å². The van der Waals surface area contributed by atoms with Gasteiger partial charge in [0.05, 0.1) is 13.2 Å². The second kappa shape index (κ2) is 4.76. The molecule has 6 heteroatoms. The molecule has 20 heavy (non-hydrogen) atoms. The number of hydrogen-bond acceptors (Lipinski definition) is 6. The molecule has 0 unspecified atom stereocenters. The molecule has 3 saturated heterocycles. The van der Waals surface area contributed by atoms with Gasteiger partial charge >= 0.3 is 0 Å². The summed E-state index contributed by atoms with van der Waals surface area (Å²) in [6, 6.07) is 0. The van der Waals surface area contributed by atoms with Gasteiger partial charge in [-0.05, 0) is 33.3 Å². The van der Waals surface area contributed by atoms with Crippen LogP contribution in [0.1, 0.15) is 27.7 Å². The molecule has 4 atom stereocenters. The lowest BCUT2D eigenvalue weighted by Crippen LogP contribution is -2.35. The first-order valence-corrected chi connectivity index (χ1v) is 6.95. The highest BCUT2D eigenvalue weighted by atomic mass is 16.8. The van der Waals surface area contributed by atoms with Gasteiger partial charge in [0.1, 0.15) is 18.3 Å². The quantitative estimate of drug-likeness (QED) is 0.762. The van der Waals surface area contributed by atoms with Gasteiger partial charge in [0.15, 0.2) is 17.9 Å². The maximum absolute atomic E-state index is 9.24. The summed E-state index contributed by atoms with van der Waals surface area (Å²) < 4.78 is 28.9. The molecule has 0 spiro atoms. The first-order chi connectivity index (χ1) is 9.31. The lowest BCUT2D eigenvalue weighted by atomic mass is 10.0. The molecular weight excluding hydrogens is 264 g/mol. The Bertz CT molecular complexity index is 416. The highest BCUT2D eigenvalue weighted by Gasteiger charge is 2.55. The predicted molar refractivity (Wildman–Crippen MR) is 68.8 cm³/mol. The lowest BCUT2D eigenvalue weighted by molar-refractivity contribution is -0.215. The molecule has 114 valence electrons. The number of aliphatic hydroxyl groups is 1. The van der Waals surface area contributed by atoms with Crippen LogP contribution < -0.4 is 0 Å². The highest BCUT2D eigenvalue weighted by molar-refractivity contribution is 5.23. The summed E-state index contributed by atoms with van der Waals surface area (Å²) in [4.78, 5) is 0. The molecular formula is C14H22O6. The zero-order valence-corrected chi connectivity index (χ0v) is 12.3. The van der Waals surface area contributed by atoms with E-state index in [1.807, 2.05) is 27.7 Å². The summed E-state index contributed by atoms with van der Waals surface area (Å²) in [5.41, 5.74) is 0.870. The number of ether oxygens (including phenoxy) is 5. The summed E-state index contributed by atoms with van der Waals surface area (Å²) >= 11 is 0. The molecule has 3 aliphatic rings. The van der Waals surface area contributed by atoms with E-state index in [2.05, 4.69) is 0 Å². The molecule has 0 saturated carbocycles. The van der Waals surface area contributed by atoms with Crippen molar-refractivity contribution in [2.45, 2.75) is 63.9 Å². The van der Waals surface area contributed by atoms with E-state index in [0.29, 0.717) is 6.61 Å². The molecule has 3 rings (SSSR count). The van der Waals surface area contributed by atoms with Crippen molar-refractivity contribution >= 4 is 0 Å². The number of aliphatic hydroxyl groups excluding tert-OH is 1. The Morgan fingerprint density at radius 2 is 1.85 bits per heavy atom. The van der Waals surface area contributed by atoms with E-state index in [1.165, 1.54) is 0 Å². The molecule has 1 N–H and O–H groups in total. The monoisotopic (exact) mass is 286 g/mol. The van der Waals surface area contributed by atoms with Crippen LogP contribution in [-0.4, -0.2) is 54.5 Å². The van der Waals surface area contributed by atoms with E-state index in [1.54, 1.807) is 6.08 Å². The molecule has 0 bridgehead atoms. The topological polar surface area (TPSA) is 66.4 Å². The van der Waals surface area contributed by atoms with Crippen molar-refractivity contribution in [1.29, 1.82) is 0 Å². The molecule has 0 radical (unpaired) electrons. The number of fused-ring (bicyclic) bond motifs is 1. The van der Waals surface area contributed by atoms with Gasteiger partial charge in [0, 0.05) is 0 Å². The predicted octanol–water partition coefficient (Wildman–Crippen LogP) is 0.933. The zero-order valence-electron chi connectivity index (χ0n) is 12.3. The van der Waals surface area contributed by atoms with Crippen molar-refractivity contribution in [1.82, 2.24) is 0 Å². The van der Waals surface area contributed by atoms with Crippen LogP contribution in [0.5, 0.6) is 0 Å². The summed E-state index contributed by atoms with van der Waals surface area (Å²) in [6.07, 6.45) is 0.433. The molecule has 3 fully saturated rings. The fourth-order valence-electron chi connectivity index (χ4n) is 2.94. The Labute approximate surface area is 118 Å². The van der Waals surface area contributed by atoms with E-state index in [-0.39, 0.29) is 24.9 Å². The van der Waals surface area contributed by atoms with Gasteiger partial charge in [0.2, 0.25) is 0 Å². The Hall–Kier alpha value is -0.500. The summed E-state index contributed by atoms with van der Waals surface area (Å²) in [5.74, 6) is -1.29.